The highest BCUT2D eigenvalue weighted by Crippen LogP contribution is 2.38. The van der Waals surface area contributed by atoms with Gasteiger partial charge in [0.2, 0.25) is 0 Å². The Hall–Kier alpha value is -2.84. The maximum Gasteiger partial charge on any atom is 0.156 e. The van der Waals surface area contributed by atoms with Gasteiger partial charge in [0.25, 0.3) is 0 Å². The van der Waals surface area contributed by atoms with E-state index in [1.54, 1.807) is 12.2 Å². The van der Waals surface area contributed by atoms with Crippen LogP contribution in [0.4, 0.5) is 5.69 Å². The van der Waals surface area contributed by atoms with E-state index in [1.807, 2.05) is 30.4 Å². The van der Waals surface area contributed by atoms with Crippen molar-refractivity contribution in [3.8, 4) is 11.5 Å². The molecule has 0 bridgehead atoms. The standard InChI is InChI=1S/C20H19NO3/c1-3-4-14(2)9-10-23-16-6-8-18-20(12-16)24-19-11-15(13-22)5-7-17(19)21-18/h4-8,11-15H,1,9-10H2,2H3. The maximum atomic E-state index is 10.9. The molecule has 0 aromatic heterocycles. The van der Waals surface area contributed by atoms with Gasteiger partial charge in [0.15, 0.2) is 5.75 Å². The molecule has 0 amide bonds. The van der Waals surface area contributed by atoms with Crippen molar-refractivity contribution >= 4 is 17.7 Å². The van der Waals surface area contributed by atoms with Crippen LogP contribution in [-0.4, -0.2) is 18.6 Å². The fourth-order valence-electron chi connectivity index (χ4n) is 2.52. The van der Waals surface area contributed by atoms with Crippen LogP contribution < -0.4 is 9.47 Å². The van der Waals surface area contributed by atoms with Crippen molar-refractivity contribution < 1.29 is 14.3 Å². The summed E-state index contributed by atoms with van der Waals surface area (Å²) in [6.45, 7) is 6.28. The zero-order valence-corrected chi connectivity index (χ0v) is 13.6. The van der Waals surface area contributed by atoms with Crippen LogP contribution in [0.15, 0.2) is 65.6 Å². The summed E-state index contributed by atoms with van der Waals surface area (Å²) >= 11 is 0. The number of carbonyl (C=O) groups is 1. The molecule has 2 unspecified atom stereocenters. The van der Waals surface area contributed by atoms with E-state index in [2.05, 4.69) is 24.2 Å². The molecule has 0 saturated heterocycles. The van der Waals surface area contributed by atoms with Gasteiger partial charge in [-0.1, -0.05) is 19.6 Å². The van der Waals surface area contributed by atoms with Gasteiger partial charge in [-0.15, -0.1) is 5.73 Å². The minimum atomic E-state index is -0.265. The van der Waals surface area contributed by atoms with Crippen LogP contribution in [0.25, 0.3) is 0 Å². The fourth-order valence-corrected chi connectivity index (χ4v) is 2.52. The smallest absolute Gasteiger partial charge is 0.156 e. The zero-order chi connectivity index (χ0) is 16.9. The van der Waals surface area contributed by atoms with Gasteiger partial charge < -0.3 is 14.3 Å². The highest BCUT2D eigenvalue weighted by Gasteiger charge is 2.21. The Balaban J connectivity index is 1.71. The third kappa shape index (κ3) is 3.55. The van der Waals surface area contributed by atoms with Crippen molar-refractivity contribution in [2.24, 2.45) is 16.8 Å². The molecule has 3 rings (SSSR count). The quantitative estimate of drug-likeness (QED) is 0.584. The number of ether oxygens (including phenoxy) is 2. The Labute approximate surface area is 141 Å². The molecule has 0 radical (unpaired) electrons. The Morgan fingerprint density at radius 2 is 2.38 bits per heavy atom. The molecule has 0 fully saturated rings. The summed E-state index contributed by atoms with van der Waals surface area (Å²) in [6, 6.07) is 5.59. The average Bonchev–Trinajstić information content (AvgIpc) is 2.59. The number of nitrogens with zero attached hydrogens (tertiary/aromatic N) is 1. The highest BCUT2D eigenvalue weighted by molar-refractivity contribution is 6.11. The normalized spacial score (nSPS) is 18.8. The molecule has 4 heteroatoms. The molecule has 1 heterocycles. The lowest BCUT2D eigenvalue weighted by Gasteiger charge is -2.21. The summed E-state index contributed by atoms with van der Waals surface area (Å²) in [6.07, 6.45) is 9.08. The first-order valence-electron chi connectivity index (χ1n) is 7.94. The van der Waals surface area contributed by atoms with Crippen molar-refractivity contribution in [2.75, 3.05) is 6.61 Å². The Bertz CT molecular complexity index is 782. The van der Waals surface area contributed by atoms with E-state index in [0.717, 1.165) is 29.9 Å². The predicted molar refractivity (Wildman–Crippen MR) is 93.9 cm³/mol. The molecule has 2 aliphatic rings. The Kier molecular flexibility index (Phi) is 4.78. The summed E-state index contributed by atoms with van der Waals surface area (Å²) in [5.41, 5.74) is 4.28. The summed E-state index contributed by atoms with van der Waals surface area (Å²) in [5.74, 6) is 2.11. The molecular weight excluding hydrogens is 302 g/mol. The highest BCUT2D eigenvalue weighted by atomic mass is 16.5. The van der Waals surface area contributed by atoms with Gasteiger partial charge >= 0.3 is 0 Å². The minimum Gasteiger partial charge on any atom is -0.493 e. The van der Waals surface area contributed by atoms with Crippen molar-refractivity contribution in [3.63, 3.8) is 0 Å². The molecule has 24 heavy (non-hydrogen) atoms. The minimum absolute atomic E-state index is 0.265. The van der Waals surface area contributed by atoms with Gasteiger partial charge in [0.1, 0.15) is 29.2 Å². The Morgan fingerprint density at radius 3 is 3.17 bits per heavy atom. The summed E-state index contributed by atoms with van der Waals surface area (Å²) in [4.78, 5) is 15.5. The number of hydrogen-bond donors (Lipinski definition) is 0. The summed E-state index contributed by atoms with van der Waals surface area (Å²) in [5, 5.41) is 0. The molecule has 1 aliphatic carbocycles. The summed E-state index contributed by atoms with van der Waals surface area (Å²) < 4.78 is 11.7. The fraction of sp³-hybridized carbons (Fsp3) is 0.250. The number of carbonyl (C=O) groups excluding carboxylic acids is 1. The van der Waals surface area contributed by atoms with Crippen LogP contribution >= 0.6 is 0 Å². The van der Waals surface area contributed by atoms with Crippen molar-refractivity contribution in [2.45, 2.75) is 13.3 Å². The van der Waals surface area contributed by atoms with Crippen molar-refractivity contribution in [3.05, 3.63) is 60.6 Å². The number of benzene rings is 1. The van der Waals surface area contributed by atoms with E-state index in [-0.39, 0.29) is 5.92 Å². The molecule has 0 N–H and O–H groups in total. The van der Waals surface area contributed by atoms with E-state index in [9.17, 15) is 4.79 Å². The molecule has 1 aliphatic heterocycles. The topological polar surface area (TPSA) is 47.9 Å². The van der Waals surface area contributed by atoms with E-state index in [4.69, 9.17) is 9.47 Å². The molecule has 0 saturated carbocycles. The molecular formula is C20H19NO3. The molecule has 0 spiro atoms. The van der Waals surface area contributed by atoms with E-state index in [1.165, 1.54) is 0 Å². The van der Waals surface area contributed by atoms with Gasteiger partial charge in [-0.2, -0.15) is 0 Å². The van der Waals surface area contributed by atoms with Gasteiger partial charge in [-0.25, -0.2) is 4.99 Å². The van der Waals surface area contributed by atoms with Crippen LogP contribution in [-0.2, 0) is 4.79 Å². The second kappa shape index (κ2) is 7.16. The van der Waals surface area contributed by atoms with Crippen LogP contribution in [0.3, 0.4) is 0 Å². The number of allylic oxidation sites excluding steroid dienone is 4. The largest absolute Gasteiger partial charge is 0.493 e. The first kappa shape index (κ1) is 16.0. The molecule has 1 aromatic rings. The number of aldehydes is 1. The number of fused-ring (bicyclic) bond motifs is 2. The van der Waals surface area contributed by atoms with Gasteiger partial charge in [-0.05, 0) is 42.7 Å². The average molecular weight is 321 g/mol. The predicted octanol–water partition coefficient (Wildman–Crippen LogP) is 4.17. The van der Waals surface area contributed by atoms with Crippen LogP contribution in [0, 0.1) is 11.8 Å². The van der Waals surface area contributed by atoms with E-state index >= 15 is 0 Å². The lowest BCUT2D eigenvalue weighted by atomic mass is 10.0. The lowest BCUT2D eigenvalue weighted by molar-refractivity contribution is -0.108. The third-order valence-corrected chi connectivity index (χ3v) is 3.87. The SMILES string of the molecule is C=C=CC(C)CCOc1ccc2c(c1)OC1=CC(C=O)C=CC1=N2. The number of rotatable bonds is 6. The summed E-state index contributed by atoms with van der Waals surface area (Å²) in [7, 11) is 0. The monoisotopic (exact) mass is 321 g/mol. The second-order valence-electron chi connectivity index (χ2n) is 5.82. The first-order valence-corrected chi connectivity index (χ1v) is 7.94. The van der Waals surface area contributed by atoms with Crippen LogP contribution in [0.1, 0.15) is 13.3 Å². The van der Waals surface area contributed by atoms with Crippen molar-refractivity contribution in [1.29, 1.82) is 0 Å². The number of aliphatic imine (C=N–C) groups is 1. The molecule has 2 atom stereocenters. The Morgan fingerprint density at radius 1 is 1.50 bits per heavy atom. The zero-order valence-electron chi connectivity index (χ0n) is 13.6. The second-order valence-corrected chi connectivity index (χ2v) is 5.82. The van der Waals surface area contributed by atoms with E-state index in [0.29, 0.717) is 24.0 Å². The van der Waals surface area contributed by atoms with Crippen LogP contribution in [0.2, 0.25) is 0 Å². The van der Waals surface area contributed by atoms with Crippen molar-refractivity contribution in [1.82, 2.24) is 0 Å². The third-order valence-electron chi connectivity index (χ3n) is 3.87. The van der Waals surface area contributed by atoms with Gasteiger partial charge in [0, 0.05) is 6.07 Å². The molecule has 4 nitrogen and oxygen atoms in total. The van der Waals surface area contributed by atoms with Crippen LogP contribution in [0.5, 0.6) is 11.5 Å². The molecule has 122 valence electrons. The van der Waals surface area contributed by atoms with Gasteiger partial charge in [0.05, 0.1) is 12.5 Å². The lowest BCUT2D eigenvalue weighted by Crippen LogP contribution is -2.16. The number of hydrogen-bond acceptors (Lipinski definition) is 4. The first-order chi connectivity index (χ1) is 11.7. The van der Waals surface area contributed by atoms with Gasteiger partial charge in [-0.3, -0.25) is 0 Å². The maximum absolute atomic E-state index is 10.9. The van der Waals surface area contributed by atoms with E-state index < -0.39 is 0 Å². The molecule has 1 aromatic carbocycles.